The quantitative estimate of drug-likeness (QED) is 0.711. The van der Waals surface area contributed by atoms with E-state index >= 15 is 0 Å². The fourth-order valence-corrected chi connectivity index (χ4v) is 2.20. The Bertz CT molecular complexity index is 294. The lowest BCUT2D eigenvalue weighted by Crippen LogP contribution is -2.02. The van der Waals surface area contributed by atoms with Crippen molar-refractivity contribution in [2.24, 2.45) is 0 Å². The smallest absolute Gasteiger partial charge is 0.00720 e. The Hall–Kier alpha value is -0.0800. The summed E-state index contributed by atoms with van der Waals surface area (Å²) in [6, 6.07) is 6.76. The summed E-state index contributed by atoms with van der Waals surface area (Å²) in [5.74, 6) is 0. The molecule has 0 aliphatic heterocycles. The Labute approximate surface area is 95.9 Å². The maximum atomic E-state index is 2.33. The van der Waals surface area contributed by atoms with E-state index in [1.807, 2.05) is 23.5 Å². The summed E-state index contributed by atoms with van der Waals surface area (Å²) in [5.41, 5.74) is 2.92. The first-order valence-electron chi connectivity index (χ1n) is 4.83. The SMILES string of the molecule is CSc1ccc(C)c(CC(C)SC)c1. The van der Waals surface area contributed by atoms with Crippen molar-refractivity contribution in [3.63, 3.8) is 0 Å². The van der Waals surface area contributed by atoms with Crippen LogP contribution >= 0.6 is 23.5 Å². The number of rotatable bonds is 4. The molecule has 1 aromatic carbocycles. The van der Waals surface area contributed by atoms with E-state index in [-0.39, 0.29) is 0 Å². The molecule has 0 saturated carbocycles. The molecule has 2 heteroatoms. The average molecular weight is 226 g/mol. The zero-order chi connectivity index (χ0) is 10.6. The molecule has 0 nitrogen and oxygen atoms in total. The fourth-order valence-electron chi connectivity index (χ4n) is 1.39. The second-order valence-corrected chi connectivity index (χ2v) is 5.70. The molecule has 0 radical (unpaired) electrons. The first-order valence-corrected chi connectivity index (χ1v) is 7.35. The Morgan fingerprint density at radius 3 is 2.57 bits per heavy atom. The molecule has 14 heavy (non-hydrogen) atoms. The van der Waals surface area contributed by atoms with Crippen molar-refractivity contribution >= 4 is 23.5 Å². The standard InChI is InChI=1S/C12H18S2/c1-9-5-6-12(14-4)8-11(9)7-10(2)13-3/h5-6,8,10H,7H2,1-4H3. The predicted octanol–water partition coefficient (Wildman–Crippen LogP) is 4.01. The van der Waals surface area contributed by atoms with Crippen LogP contribution in [0.25, 0.3) is 0 Å². The van der Waals surface area contributed by atoms with Crippen LogP contribution in [0.1, 0.15) is 18.1 Å². The summed E-state index contributed by atoms with van der Waals surface area (Å²) in [5, 5.41) is 0.714. The van der Waals surface area contributed by atoms with Crippen LogP contribution in [0.15, 0.2) is 23.1 Å². The Morgan fingerprint density at radius 1 is 1.29 bits per heavy atom. The van der Waals surface area contributed by atoms with Gasteiger partial charge in [-0.05, 0) is 49.1 Å². The fraction of sp³-hybridized carbons (Fsp3) is 0.500. The molecule has 0 saturated heterocycles. The lowest BCUT2D eigenvalue weighted by atomic mass is 10.0. The van der Waals surface area contributed by atoms with Crippen molar-refractivity contribution in [1.82, 2.24) is 0 Å². The number of benzene rings is 1. The lowest BCUT2D eigenvalue weighted by molar-refractivity contribution is 0.930. The maximum Gasteiger partial charge on any atom is 0.00720 e. The van der Waals surface area contributed by atoms with Gasteiger partial charge in [-0.25, -0.2) is 0 Å². The Morgan fingerprint density at radius 2 is 2.00 bits per heavy atom. The van der Waals surface area contributed by atoms with E-state index in [4.69, 9.17) is 0 Å². The lowest BCUT2D eigenvalue weighted by Gasteiger charge is -2.11. The summed E-state index contributed by atoms with van der Waals surface area (Å²) in [7, 11) is 0. The molecule has 0 bridgehead atoms. The molecule has 1 rings (SSSR count). The highest BCUT2D eigenvalue weighted by molar-refractivity contribution is 7.99. The normalized spacial score (nSPS) is 12.9. The van der Waals surface area contributed by atoms with E-state index in [1.54, 1.807) is 0 Å². The first kappa shape index (κ1) is 12.0. The van der Waals surface area contributed by atoms with Crippen molar-refractivity contribution in [2.45, 2.75) is 30.4 Å². The highest BCUT2D eigenvalue weighted by Crippen LogP contribution is 2.22. The van der Waals surface area contributed by atoms with Crippen LogP contribution in [0.3, 0.4) is 0 Å². The molecule has 0 aromatic heterocycles. The minimum atomic E-state index is 0.714. The third-order valence-electron chi connectivity index (χ3n) is 2.47. The highest BCUT2D eigenvalue weighted by atomic mass is 32.2. The number of hydrogen-bond donors (Lipinski definition) is 0. The van der Waals surface area contributed by atoms with Gasteiger partial charge in [0.15, 0.2) is 0 Å². The van der Waals surface area contributed by atoms with Crippen LogP contribution in [0.5, 0.6) is 0 Å². The molecule has 78 valence electrons. The third-order valence-corrected chi connectivity index (χ3v) is 4.16. The summed E-state index contributed by atoms with van der Waals surface area (Å²) >= 11 is 3.75. The molecule has 0 aliphatic carbocycles. The van der Waals surface area contributed by atoms with E-state index < -0.39 is 0 Å². The molecule has 1 atom stereocenters. The zero-order valence-electron chi connectivity index (χ0n) is 9.33. The average Bonchev–Trinajstić information content (AvgIpc) is 2.21. The van der Waals surface area contributed by atoms with Gasteiger partial charge in [0.05, 0.1) is 0 Å². The summed E-state index contributed by atoms with van der Waals surface area (Å²) < 4.78 is 0. The van der Waals surface area contributed by atoms with Gasteiger partial charge in [-0.15, -0.1) is 11.8 Å². The van der Waals surface area contributed by atoms with E-state index in [9.17, 15) is 0 Å². The van der Waals surface area contributed by atoms with Gasteiger partial charge in [0, 0.05) is 10.1 Å². The molecule has 0 N–H and O–H groups in total. The highest BCUT2D eigenvalue weighted by Gasteiger charge is 2.05. The minimum Gasteiger partial charge on any atom is -0.162 e. The van der Waals surface area contributed by atoms with Gasteiger partial charge in [0.2, 0.25) is 0 Å². The molecule has 0 spiro atoms. The molecular weight excluding hydrogens is 208 g/mol. The maximum absolute atomic E-state index is 2.33. The van der Waals surface area contributed by atoms with Gasteiger partial charge < -0.3 is 0 Å². The van der Waals surface area contributed by atoms with Crippen LogP contribution < -0.4 is 0 Å². The van der Waals surface area contributed by atoms with Gasteiger partial charge in [-0.1, -0.05) is 13.0 Å². The van der Waals surface area contributed by atoms with E-state index in [1.165, 1.54) is 22.4 Å². The largest absolute Gasteiger partial charge is 0.162 e. The van der Waals surface area contributed by atoms with E-state index in [0.29, 0.717) is 5.25 Å². The summed E-state index contributed by atoms with van der Waals surface area (Å²) in [6.07, 6.45) is 5.49. The van der Waals surface area contributed by atoms with Gasteiger partial charge in [0.25, 0.3) is 0 Å². The molecular formula is C12H18S2. The van der Waals surface area contributed by atoms with Gasteiger partial charge in [-0.2, -0.15) is 11.8 Å². The van der Waals surface area contributed by atoms with Crippen molar-refractivity contribution in [3.05, 3.63) is 29.3 Å². The number of hydrogen-bond acceptors (Lipinski definition) is 2. The molecule has 0 aliphatic rings. The van der Waals surface area contributed by atoms with Crippen LogP contribution in [0.2, 0.25) is 0 Å². The van der Waals surface area contributed by atoms with Gasteiger partial charge in [0.1, 0.15) is 0 Å². The van der Waals surface area contributed by atoms with Crippen LogP contribution in [-0.4, -0.2) is 17.8 Å². The number of aryl methyl sites for hydroxylation is 1. The number of thioether (sulfide) groups is 2. The topological polar surface area (TPSA) is 0 Å². The van der Waals surface area contributed by atoms with Crippen molar-refractivity contribution in [2.75, 3.05) is 12.5 Å². The predicted molar refractivity (Wildman–Crippen MR) is 69.6 cm³/mol. The molecule has 1 unspecified atom stereocenters. The van der Waals surface area contributed by atoms with Crippen molar-refractivity contribution < 1.29 is 0 Å². The Balaban J connectivity index is 2.83. The monoisotopic (exact) mass is 226 g/mol. The second kappa shape index (κ2) is 5.72. The van der Waals surface area contributed by atoms with Crippen LogP contribution in [0, 0.1) is 6.92 Å². The molecule has 1 aromatic rings. The zero-order valence-corrected chi connectivity index (χ0v) is 11.0. The van der Waals surface area contributed by atoms with Gasteiger partial charge >= 0.3 is 0 Å². The van der Waals surface area contributed by atoms with Crippen molar-refractivity contribution in [1.29, 1.82) is 0 Å². The Kier molecular flexibility index (Phi) is 4.90. The van der Waals surface area contributed by atoms with E-state index in [2.05, 4.69) is 44.6 Å². The first-order chi connectivity index (χ1) is 6.67. The van der Waals surface area contributed by atoms with Crippen molar-refractivity contribution in [3.8, 4) is 0 Å². The molecule has 0 heterocycles. The van der Waals surface area contributed by atoms with Crippen LogP contribution in [-0.2, 0) is 6.42 Å². The summed E-state index contributed by atoms with van der Waals surface area (Å²) in [4.78, 5) is 1.37. The molecule has 0 amide bonds. The second-order valence-electron chi connectivity index (χ2n) is 3.54. The summed E-state index contributed by atoms with van der Waals surface area (Å²) in [6.45, 7) is 4.49. The minimum absolute atomic E-state index is 0.714. The van der Waals surface area contributed by atoms with E-state index in [0.717, 1.165) is 0 Å². The van der Waals surface area contributed by atoms with Crippen LogP contribution in [0.4, 0.5) is 0 Å². The van der Waals surface area contributed by atoms with Gasteiger partial charge in [-0.3, -0.25) is 0 Å². The molecule has 0 fully saturated rings. The third kappa shape index (κ3) is 3.25.